The maximum atomic E-state index is 6.01. The fourth-order valence-corrected chi connectivity index (χ4v) is 2.94. The molecule has 0 bridgehead atoms. The average molecular weight is 243 g/mol. The van der Waals surface area contributed by atoms with Crippen LogP contribution in [0.2, 0.25) is 0 Å². The molecule has 3 rings (SSSR count). The summed E-state index contributed by atoms with van der Waals surface area (Å²) in [5, 5.41) is 3.56. The minimum Gasteiger partial charge on any atom is -0.369 e. The van der Waals surface area contributed by atoms with Crippen LogP contribution in [0.4, 0.5) is 0 Å². The van der Waals surface area contributed by atoms with Crippen LogP contribution in [0.1, 0.15) is 30.4 Å². The third-order valence-corrected chi connectivity index (χ3v) is 4.02. The first-order valence-corrected chi connectivity index (χ1v) is 6.85. The lowest BCUT2D eigenvalue weighted by atomic mass is 9.88. The van der Waals surface area contributed by atoms with Crippen molar-refractivity contribution in [3.8, 4) is 0 Å². The van der Waals surface area contributed by atoms with Gasteiger partial charge in [0.15, 0.2) is 0 Å². The molecule has 96 valence electrons. The molecule has 18 heavy (non-hydrogen) atoms. The molecule has 3 heteroatoms. The summed E-state index contributed by atoms with van der Waals surface area (Å²) in [5.74, 6) is 1.14. The number of aliphatic imine (C=N–C) groups is 1. The van der Waals surface area contributed by atoms with Crippen LogP contribution in [0.5, 0.6) is 0 Å². The summed E-state index contributed by atoms with van der Waals surface area (Å²) in [4.78, 5) is 4.81. The monoisotopic (exact) mass is 243 g/mol. The predicted octanol–water partition coefficient (Wildman–Crippen LogP) is 1.79. The van der Waals surface area contributed by atoms with Gasteiger partial charge in [0.25, 0.3) is 0 Å². The molecule has 0 spiro atoms. The lowest BCUT2D eigenvalue weighted by Gasteiger charge is -2.28. The van der Waals surface area contributed by atoms with Crippen molar-refractivity contribution in [3.05, 3.63) is 35.4 Å². The van der Waals surface area contributed by atoms with E-state index in [0.717, 1.165) is 31.5 Å². The van der Waals surface area contributed by atoms with Crippen LogP contribution in [-0.2, 0) is 6.42 Å². The Morgan fingerprint density at radius 2 is 2.06 bits per heavy atom. The molecule has 1 fully saturated rings. The summed E-state index contributed by atoms with van der Waals surface area (Å²) in [7, 11) is 0. The molecule has 2 aliphatic rings. The lowest BCUT2D eigenvalue weighted by molar-refractivity contribution is 0.347. The van der Waals surface area contributed by atoms with E-state index in [9.17, 15) is 0 Å². The molecule has 3 unspecified atom stereocenters. The van der Waals surface area contributed by atoms with E-state index >= 15 is 0 Å². The summed E-state index contributed by atoms with van der Waals surface area (Å²) >= 11 is 0. The van der Waals surface area contributed by atoms with Gasteiger partial charge < -0.3 is 11.1 Å². The van der Waals surface area contributed by atoms with E-state index in [-0.39, 0.29) is 0 Å². The zero-order valence-electron chi connectivity index (χ0n) is 10.9. The highest BCUT2D eigenvalue weighted by molar-refractivity contribution is 5.86. The summed E-state index contributed by atoms with van der Waals surface area (Å²) < 4.78 is 0. The number of fused-ring (bicyclic) bond motifs is 1. The molecule has 1 aromatic carbocycles. The van der Waals surface area contributed by atoms with Gasteiger partial charge in [0.2, 0.25) is 0 Å². The number of hydrogen-bond acceptors (Lipinski definition) is 3. The third kappa shape index (κ3) is 2.41. The topological polar surface area (TPSA) is 50.4 Å². The Morgan fingerprint density at radius 1 is 1.28 bits per heavy atom. The second-order valence-electron chi connectivity index (χ2n) is 5.63. The molecule has 0 aromatic heterocycles. The minimum absolute atomic E-state index is 0.354. The predicted molar refractivity (Wildman–Crippen MR) is 74.9 cm³/mol. The van der Waals surface area contributed by atoms with Crippen molar-refractivity contribution in [2.75, 3.05) is 0 Å². The van der Waals surface area contributed by atoms with E-state index in [4.69, 9.17) is 10.7 Å². The molecular weight excluding hydrogens is 222 g/mol. The molecule has 3 N–H and O–H groups in total. The van der Waals surface area contributed by atoms with E-state index in [0.29, 0.717) is 18.1 Å². The summed E-state index contributed by atoms with van der Waals surface area (Å²) in [5.41, 5.74) is 8.65. The highest BCUT2D eigenvalue weighted by Gasteiger charge is 2.33. The van der Waals surface area contributed by atoms with E-state index in [1.54, 1.807) is 0 Å². The van der Waals surface area contributed by atoms with Crippen LogP contribution >= 0.6 is 0 Å². The maximum absolute atomic E-state index is 6.01. The Labute approximate surface area is 108 Å². The van der Waals surface area contributed by atoms with Gasteiger partial charge in [-0.2, -0.15) is 0 Å². The molecule has 1 aliphatic heterocycles. The first-order valence-electron chi connectivity index (χ1n) is 6.85. The number of benzene rings is 1. The molecule has 3 atom stereocenters. The standard InChI is InChI=1S/C15H21N3/c1-10-2-4-11(5-3-10)8-15-17-13-7-6-12(16)9-14(13)18-15/h2-5,12-14H,6-9,16H2,1H3,(H,17,18). The molecule has 1 saturated carbocycles. The van der Waals surface area contributed by atoms with E-state index in [1.165, 1.54) is 11.1 Å². The number of nitrogens with zero attached hydrogens (tertiary/aromatic N) is 1. The first kappa shape index (κ1) is 11.7. The summed E-state index contributed by atoms with van der Waals surface area (Å²) in [6.45, 7) is 2.12. The summed E-state index contributed by atoms with van der Waals surface area (Å²) in [6, 6.07) is 9.99. The number of nitrogens with one attached hydrogen (secondary N) is 1. The van der Waals surface area contributed by atoms with Crippen molar-refractivity contribution in [2.24, 2.45) is 10.7 Å². The molecular formula is C15H21N3. The van der Waals surface area contributed by atoms with Gasteiger partial charge in [-0.25, -0.2) is 0 Å². The first-order chi connectivity index (χ1) is 8.70. The third-order valence-electron chi connectivity index (χ3n) is 4.02. The molecule has 1 aromatic rings. The average Bonchev–Trinajstić information content (AvgIpc) is 2.73. The van der Waals surface area contributed by atoms with Gasteiger partial charge in [-0.3, -0.25) is 4.99 Å². The number of rotatable bonds is 2. The molecule has 1 aliphatic carbocycles. The molecule has 0 radical (unpaired) electrons. The maximum Gasteiger partial charge on any atom is 0.101 e. The Bertz CT molecular complexity index is 449. The highest BCUT2D eigenvalue weighted by atomic mass is 15.1. The number of amidine groups is 1. The van der Waals surface area contributed by atoms with Crippen molar-refractivity contribution < 1.29 is 0 Å². The SMILES string of the molecule is Cc1ccc(CC2=NC3CCC(N)CC3N2)cc1. The number of nitrogens with two attached hydrogens (primary N) is 1. The van der Waals surface area contributed by atoms with Crippen LogP contribution in [0, 0.1) is 6.92 Å². The van der Waals surface area contributed by atoms with Crippen molar-refractivity contribution in [1.29, 1.82) is 0 Å². The fourth-order valence-electron chi connectivity index (χ4n) is 2.94. The van der Waals surface area contributed by atoms with Gasteiger partial charge in [-0.15, -0.1) is 0 Å². The van der Waals surface area contributed by atoms with Crippen molar-refractivity contribution in [1.82, 2.24) is 5.32 Å². The molecule has 0 saturated heterocycles. The Kier molecular flexibility index (Phi) is 3.08. The van der Waals surface area contributed by atoms with Gasteiger partial charge in [0.05, 0.1) is 12.1 Å². The van der Waals surface area contributed by atoms with Crippen LogP contribution < -0.4 is 11.1 Å². The minimum atomic E-state index is 0.354. The largest absolute Gasteiger partial charge is 0.369 e. The van der Waals surface area contributed by atoms with Crippen LogP contribution in [-0.4, -0.2) is 24.0 Å². The van der Waals surface area contributed by atoms with Crippen molar-refractivity contribution >= 4 is 5.84 Å². The molecule has 0 amide bonds. The highest BCUT2D eigenvalue weighted by Crippen LogP contribution is 2.24. The van der Waals surface area contributed by atoms with E-state index in [2.05, 4.69) is 36.5 Å². The Hall–Kier alpha value is -1.35. The quantitative estimate of drug-likeness (QED) is 0.832. The van der Waals surface area contributed by atoms with Crippen LogP contribution in [0.25, 0.3) is 0 Å². The Balaban J connectivity index is 1.66. The smallest absolute Gasteiger partial charge is 0.101 e. The van der Waals surface area contributed by atoms with Crippen LogP contribution in [0.3, 0.4) is 0 Å². The van der Waals surface area contributed by atoms with Gasteiger partial charge in [0, 0.05) is 12.5 Å². The Morgan fingerprint density at radius 3 is 2.83 bits per heavy atom. The van der Waals surface area contributed by atoms with Crippen LogP contribution in [0.15, 0.2) is 29.3 Å². The molecule has 3 nitrogen and oxygen atoms in total. The van der Waals surface area contributed by atoms with Gasteiger partial charge in [-0.1, -0.05) is 29.8 Å². The zero-order valence-corrected chi connectivity index (χ0v) is 10.9. The lowest BCUT2D eigenvalue weighted by Crippen LogP contribution is -2.44. The second-order valence-corrected chi connectivity index (χ2v) is 5.63. The number of hydrogen-bond donors (Lipinski definition) is 2. The van der Waals surface area contributed by atoms with Gasteiger partial charge in [-0.05, 0) is 31.7 Å². The van der Waals surface area contributed by atoms with E-state index < -0.39 is 0 Å². The number of aryl methyl sites for hydroxylation is 1. The van der Waals surface area contributed by atoms with Gasteiger partial charge >= 0.3 is 0 Å². The summed E-state index contributed by atoms with van der Waals surface area (Å²) in [6.07, 6.45) is 4.23. The fraction of sp³-hybridized carbons (Fsp3) is 0.533. The van der Waals surface area contributed by atoms with Crippen molar-refractivity contribution in [3.63, 3.8) is 0 Å². The normalized spacial score (nSPS) is 30.6. The zero-order chi connectivity index (χ0) is 12.5. The second kappa shape index (κ2) is 4.73. The van der Waals surface area contributed by atoms with E-state index in [1.807, 2.05) is 0 Å². The molecule has 1 heterocycles. The van der Waals surface area contributed by atoms with Gasteiger partial charge in [0.1, 0.15) is 5.84 Å². The van der Waals surface area contributed by atoms with Crippen molar-refractivity contribution in [2.45, 2.75) is 50.7 Å².